The second kappa shape index (κ2) is 55.4. The number of esters is 3. The predicted octanol–water partition coefficient (Wildman–Crippen LogP) is 16.6. The highest BCUT2D eigenvalue weighted by molar-refractivity contribution is 5.74. The fourth-order valence-electron chi connectivity index (χ4n) is 8.48. The first kappa shape index (κ1) is 73.9. The molecule has 0 bridgehead atoms. The summed E-state index contributed by atoms with van der Waals surface area (Å²) in [6, 6.07) is 0. The maximum absolute atomic E-state index is 13.2. The van der Waals surface area contributed by atoms with Crippen molar-refractivity contribution in [3.63, 3.8) is 0 Å². The zero-order valence-corrected chi connectivity index (χ0v) is 50.2. The minimum atomic E-state index is -1.93. The van der Waals surface area contributed by atoms with Gasteiger partial charge in [-0.2, -0.15) is 0 Å². The van der Waals surface area contributed by atoms with Crippen LogP contribution in [0, 0.1) is 0 Å². The van der Waals surface area contributed by atoms with E-state index in [1.807, 2.05) is 12.2 Å². The van der Waals surface area contributed by atoms with Gasteiger partial charge in [-0.25, -0.2) is 4.79 Å². The van der Waals surface area contributed by atoms with Crippen LogP contribution in [0.15, 0.2) is 134 Å². The normalized spacial score (nSPS) is 18.7. The first-order valence-electron chi connectivity index (χ1n) is 31.2. The van der Waals surface area contributed by atoms with E-state index in [-0.39, 0.29) is 25.9 Å². The molecule has 0 saturated carbocycles. The van der Waals surface area contributed by atoms with Crippen molar-refractivity contribution in [3.8, 4) is 0 Å². The van der Waals surface area contributed by atoms with Gasteiger partial charge in [0.2, 0.25) is 0 Å². The average molecular weight is 1130 g/mol. The molecule has 6 atom stereocenters. The van der Waals surface area contributed by atoms with Gasteiger partial charge in [0.05, 0.1) is 6.61 Å². The molecule has 1 saturated heterocycles. The van der Waals surface area contributed by atoms with Crippen LogP contribution in [0.5, 0.6) is 0 Å². The van der Waals surface area contributed by atoms with Crippen molar-refractivity contribution < 1.29 is 58.2 Å². The van der Waals surface area contributed by atoms with Crippen molar-refractivity contribution in [1.82, 2.24) is 0 Å². The van der Waals surface area contributed by atoms with Crippen molar-refractivity contribution in [3.05, 3.63) is 134 Å². The van der Waals surface area contributed by atoms with Gasteiger partial charge in [0.15, 0.2) is 24.6 Å². The lowest BCUT2D eigenvalue weighted by molar-refractivity contribution is -0.301. The van der Waals surface area contributed by atoms with Gasteiger partial charge in [-0.3, -0.25) is 14.4 Å². The molecule has 0 aromatic rings. The number of hydrogen-bond donors (Lipinski definition) is 3. The van der Waals surface area contributed by atoms with Crippen LogP contribution in [0.2, 0.25) is 0 Å². The Bertz CT molecular complexity index is 1920. The number of carbonyl (C=O) groups excluding carboxylic acids is 3. The summed E-state index contributed by atoms with van der Waals surface area (Å²) in [6.07, 6.45) is 65.6. The molecule has 1 heterocycles. The van der Waals surface area contributed by atoms with E-state index < -0.39 is 67.3 Å². The van der Waals surface area contributed by atoms with Gasteiger partial charge in [0.25, 0.3) is 0 Å². The molecule has 1 fully saturated rings. The molecule has 0 amide bonds. The molecule has 81 heavy (non-hydrogen) atoms. The van der Waals surface area contributed by atoms with Gasteiger partial charge in [0, 0.05) is 19.3 Å². The number of carbonyl (C=O) groups is 4. The molecule has 0 radical (unpaired) electrons. The van der Waals surface area contributed by atoms with Crippen molar-refractivity contribution in [2.75, 3.05) is 13.2 Å². The molecule has 0 spiro atoms. The van der Waals surface area contributed by atoms with Crippen molar-refractivity contribution in [2.24, 2.45) is 0 Å². The minimum Gasteiger partial charge on any atom is -0.479 e. The standard InChI is InChI=1S/C69H108O12/c1-4-7-10-13-16-19-22-25-28-30-31-33-35-37-40-43-46-49-52-55-61(70)77-58-60(79-62(71)56-53-50-47-44-41-39-36-32-29-26-23-20-17-14-11-8-5-2)59-78-69-67(65(74)64(73)66(81-69)68(75)76)80-63(72)57-54-51-48-45-42-38-34-27-24-21-18-15-12-9-6-3/h8-9,11-12,16-21,25-29,31,33-34,36,39,44,47,60,64-67,69,73-74H,4-7,10,13-15,22-24,30,32,35,37-38,40-43,45-46,48-59H2,1-3H3,(H,75,76)/b11-8-,12-9-,19-16-,20-17-,21-18-,28-25-,29-26-,33-31-,34-27-,39-36-,47-44-. The van der Waals surface area contributed by atoms with E-state index >= 15 is 0 Å². The Labute approximate surface area is 490 Å². The van der Waals surface area contributed by atoms with Gasteiger partial charge < -0.3 is 39.0 Å². The molecule has 0 aromatic heterocycles. The molecule has 456 valence electrons. The Balaban J connectivity index is 2.74. The van der Waals surface area contributed by atoms with Crippen molar-refractivity contribution in [1.29, 1.82) is 0 Å². The third-order valence-corrected chi connectivity index (χ3v) is 13.2. The fourth-order valence-corrected chi connectivity index (χ4v) is 8.48. The number of aliphatic carboxylic acids is 1. The molecular weight excluding hydrogens is 1020 g/mol. The van der Waals surface area contributed by atoms with Crippen LogP contribution in [-0.4, -0.2) is 89.2 Å². The maximum Gasteiger partial charge on any atom is 0.335 e. The van der Waals surface area contributed by atoms with Crippen LogP contribution in [-0.2, 0) is 42.9 Å². The zero-order valence-electron chi connectivity index (χ0n) is 50.2. The zero-order chi connectivity index (χ0) is 58.9. The summed E-state index contributed by atoms with van der Waals surface area (Å²) in [5.41, 5.74) is 0. The third kappa shape index (κ3) is 45.1. The van der Waals surface area contributed by atoms with Crippen LogP contribution in [0.1, 0.15) is 226 Å². The number of carboxylic acids is 1. The van der Waals surface area contributed by atoms with Crippen LogP contribution < -0.4 is 0 Å². The largest absolute Gasteiger partial charge is 0.479 e. The van der Waals surface area contributed by atoms with E-state index in [0.29, 0.717) is 25.7 Å². The number of ether oxygens (including phenoxy) is 5. The number of unbranched alkanes of at least 4 members (excludes halogenated alkanes) is 15. The summed E-state index contributed by atoms with van der Waals surface area (Å²) in [6.45, 7) is 5.67. The average Bonchev–Trinajstić information content (AvgIpc) is 3.52. The summed E-state index contributed by atoms with van der Waals surface area (Å²) in [7, 11) is 0. The van der Waals surface area contributed by atoms with Gasteiger partial charge in [-0.05, 0) is 128 Å². The van der Waals surface area contributed by atoms with Crippen molar-refractivity contribution in [2.45, 2.75) is 263 Å². The van der Waals surface area contributed by atoms with Crippen LogP contribution in [0.3, 0.4) is 0 Å². The van der Waals surface area contributed by atoms with Gasteiger partial charge >= 0.3 is 23.9 Å². The van der Waals surface area contributed by atoms with E-state index in [9.17, 15) is 34.5 Å². The van der Waals surface area contributed by atoms with Gasteiger partial charge in [-0.15, -0.1) is 0 Å². The van der Waals surface area contributed by atoms with E-state index in [4.69, 9.17) is 23.7 Å². The Morgan fingerprint density at radius 2 is 0.790 bits per heavy atom. The summed E-state index contributed by atoms with van der Waals surface area (Å²) in [5.74, 6) is -3.26. The molecule has 3 N–H and O–H groups in total. The number of carboxylic acid groups (broad SMARTS) is 1. The minimum absolute atomic E-state index is 0.0255. The second-order valence-corrected chi connectivity index (χ2v) is 20.6. The third-order valence-electron chi connectivity index (χ3n) is 13.2. The SMILES string of the molecule is CC/C=C\C/C=C\C/C=C\C/C=C\C/C=C\CCCC(=O)OC(COC(=O)CCCCCCCC/C=C\C/C=C\C/C=C\CCCCC)COC1OC(C(=O)O)C(O)C(O)C1OC(=O)CCCCCCC/C=C\C/C=C\C/C=C\CC. The summed E-state index contributed by atoms with van der Waals surface area (Å²) in [5, 5.41) is 31.5. The molecule has 0 aliphatic carbocycles. The van der Waals surface area contributed by atoms with E-state index in [0.717, 1.165) is 135 Å². The molecular formula is C69H108O12. The quantitative estimate of drug-likeness (QED) is 0.0228. The van der Waals surface area contributed by atoms with E-state index in [1.165, 1.54) is 25.7 Å². The lowest BCUT2D eigenvalue weighted by Crippen LogP contribution is -2.61. The maximum atomic E-state index is 13.2. The van der Waals surface area contributed by atoms with Crippen LogP contribution in [0.4, 0.5) is 0 Å². The second-order valence-electron chi connectivity index (χ2n) is 20.6. The van der Waals surface area contributed by atoms with Crippen molar-refractivity contribution >= 4 is 23.9 Å². The Morgan fingerprint density at radius 1 is 0.420 bits per heavy atom. The van der Waals surface area contributed by atoms with Gasteiger partial charge in [0.1, 0.15) is 18.8 Å². The monoisotopic (exact) mass is 1130 g/mol. The lowest BCUT2D eigenvalue weighted by atomic mass is 9.98. The fraction of sp³-hybridized carbons (Fsp3) is 0.623. The Kier molecular flexibility index (Phi) is 50.5. The Morgan fingerprint density at radius 3 is 1.22 bits per heavy atom. The van der Waals surface area contributed by atoms with Gasteiger partial charge in [-0.1, -0.05) is 212 Å². The number of aliphatic hydroxyl groups excluding tert-OH is 2. The number of hydrogen-bond acceptors (Lipinski definition) is 11. The lowest BCUT2D eigenvalue weighted by Gasteiger charge is -2.40. The molecule has 12 nitrogen and oxygen atoms in total. The molecule has 6 unspecified atom stereocenters. The molecule has 1 aliphatic heterocycles. The highest BCUT2D eigenvalue weighted by Gasteiger charge is 2.50. The first-order chi connectivity index (χ1) is 39.6. The molecule has 0 aromatic carbocycles. The highest BCUT2D eigenvalue weighted by atomic mass is 16.7. The highest BCUT2D eigenvalue weighted by Crippen LogP contribution is 2.26. The number of allylic oxidation sites excluding steroid dienone is 22. The van der Waals surface area contributed by atoms with Crippen LogP contribution in [0.25, 0.3) is 0 Å². The molecule has 12 heteroatoms. The molecule has 1 aliphatic rings. The van der Waals surface area contributed by atoms with Crippen LogP contribution >= 0.6 is 0 Å². The van der Waals surface area contributed by atoms with E-state index in [1.54, 1.807) is 0 Å². The van der Waals surface area contributed by atoms with E-state index in [2.05, 4.69) is 142 Å². The predicted molar refractivity (Wildman–Crippen MR) is 330 cm³/mol. The number of rotatable bonds is 51. The number of aliphatic hydroxyl groups is 2. The summed E-state index contributed by atoms with van der Waals surface area (Å²) in [4.78, 5) is 51.2. The summed E-state index contributed by atoms with van der Waals surface area (Å²) < 4.78 is 28.4. The topological polar surface area (TPSA) is 175 Å². The smallest absolute Gasteiger partial charge is 0.335 e. The first-order valence-corrected chi connectivity index (χ1v) is 31.2. The summed E-state index contributed by atoms with van der Waals surface area (Å²) >= 11 is 0. The Hall–Kier alpha value is -5.14. The molecule has 1 rings (SSSR count).